The number of hydrogen-bond donors (Lipinski definition) is 0. The number of rotatable bonds is 4. The van der Waals surface area contributed by atoms with Gasteiger partial charge in [-0.2, -0.15) is 9.57 Å². The molecule has 0 aliphatic carbocycles. The van der Waals surface area contributed by atoms with Crippen LogP contribution in [0.3, 0.4) is 0 Å². The van der Waals surface area contributed by atoms with Crippen molar-refractivity contribution in [3.63, 3.8) is 0 Å². The van der Waals surface area contributed by atoms with Crippen LogP contribution in [0.1, 0.15) is 30.5 Å². The molecule has 168 valence electrons. The van der Waals surface area contributed by atoms with Crippen molar-refractivity contribution in [1.29, 1.82) is 5.26 Å². The van der Waals surface area contributed by atoms with E-state index < -0.39 is 16.1 Å². The van der Waals surface area contributed by atoms with Gasteiger partial charge in [0.2, 0.25) is 15.9 Å². The summed E-state index contributed by atoms with van der Waals surface area (Å²) in [5, 5.41) is 9.63. The molecule has 2 aromatic rings. The molecule has 1 saturated heterocycles. The molecule has 0 spiro atoms. The summed E-state index contributed by atoms with van der Waals surface area (Å²) in [7, 11) is -3.69. The van der Waals surface area contributed by atoms with Gasteiger partial charge in [-0.1, -0.05) is 12.1 Å². The third-order valence-electron chi connectivity index (χ3n) is 6.13. The van der Waals surface area contributed by atoms with Gasteiger partial charge in [-0.15, -0.1) is 0 Å². The van der Waals surface area contributed by atoms with Crippen molar-refractivity contribution in [3.8, 4) is 6.07 Å². The number of piperazine rings is 1. The molecule has 2 aromatic carbocycles. The number of nitrogens with zero attached hydrogens (tertiary/aromatic N) is 4. The minimum Gasteiger partial charge on any atom is -0.312 e. The quantitative estimate of drug-likeness (QED) is 0.706. The summed E-state index contributed by atoms with van der Waals surface area (Å²) in [6.07, 6.45) is 1.53. The van der Waals surface area contributed by atoms with Crippen molar-refractivity contribution in [3.05, 3.63) is 59.4 Å². The lowest BCUT2D eigenvalue weighted by Crippen LogP contribution is -2.49. The van der Waals surface area contributed by atoms with Crippen molar-refractivity contribution in [1.82, 2.24) is 9.21 Å². The largest absolute Gasteiger partial charge is 0.312 e. The normalized spacial score (nSPS) is 18.6. The Bertz CT molecular complexity index is 1150. The maximum atomic E-state index is 13.3. The molecule has 1 fully saturated rings. The van der Waals surface area contributed by atoms with E-state index in [0.29, 0.717) is 25.2 Å². The standard InChI is InChI=1S/C23H25FN4O3S/c1-17(29)28-10-2-3-19-15-21(8-9-22(19)28)32(30,31)27-13-11-26(12-14-27)23(16-25)18-4-6-20(24)7-5-18/h4-9,15,23H,2-3,10-14H2,1H3/t23-/m0/s1. The molecule has 32 heavy (non-hydrogen) atoms. The van der Waals surface area contributed by atoms with Crippen molar-refractivity contribution in [2.45, 2.75) is 30.7 Å². The first-order chi connectivity index (χ1) is 15.3. The predicted molar refractivity (Wildman–Crippen MR) is 118 cm³/mol. The molecule has 0 bridgehead atoms. The van der Waals surface area contributed by atoms with Crippen molar-refractivity contribution in [2.75, 3.05) is 37.6 Å². The van der Waals surface area contributed by atoms with Gasteiger partial charge in [-0.3, -0.25) is 9.69 Å². The van der Waals surface area contributed by atoms with Gasteiger partial charge >= 0.3 is 0 Å². The van der Waals surface area contributed by atoms with Crippen LogP contribution in [0.2, 0.25) is 0 Å². The Labute approximate surface area is 187 Å². The van der Waals surface area contributed by atoms with Gasteiger partial charge in [-0.25, -0.2) is 12.8 Å². The molecule has 1 atom stereocenters. The molecule has 2 aliphatic rings. The molecular weight excluding hydrogens is 431 g/mol. The summed E-state index contributed by atoms with van der Waals surface area (Å²) in [5.74, 6) is -0.413. The van der Waals surface area contributed by atoms with Crippen LogP contribution < -0.4 is 4.90 Å². The highest BCUT2D eigenvalue weighted by molar-refractivity contribution is 7.89. The van der Waals surface area contributed by atoms with E-state index in [4.69, 9.17) is 0 Å². The van der Waals surface area contributed by atoms with Crippen LogP contribution in [0.4, 0.5) is 10.1 Å². The minimum atomic E-state index is -3.69. The number of carbonyl (C=O) groups is 1. The first kappa shape index (κ1) is 22.4. The fourth-order valence-electron chi connectivity index (χ4n) is 4.42. The second-order valence-electron chi connectivity index (χ2n) is 8.09. The molecule has 0 saturated carbocycles. The molecule has 7 nitrogen and oxygen atoms in total. The number of amides is 1. The Kier molecular flexibility index (Phi) is 6.29. The number of hydrogen-bond acceptors (Lipinski definition) is 5. The number of benzene rings is 2. The molecule has 0 unspecified atom stereocenters. The second kappa shape index (κ2) is 8.98. The Morgan fingerprint density at radius 1 is 1.06 bits per heavy atom. The summed E-state index contributed by atoms with van der Waals surface area (Å²) in [5.41, 5.74) is 2.34. The highest BCUT2D eigenvalue weighted by Crippen LogP contribution is 2.31. The molecule has 1 amide bonds. The summed E-state index contributed by atoms with van der Waals surface area (Å²) < 4.78 is 41.2. The minimum absolute atomic E-state index is 0.0501. The molecule has 0 N–H and O–H groups in total. The maximum Gasteiger partial charge on any atom is 0.243 e. The highest BCUT2D eigenvalue weighted by atomic mass is 32.2. The molecule has 0 aromatic heterocycles. The average Bonchev–Trinajstić information content (AvgIpc) is 2.80. The Hall–Kier alpha value is -2.80. The van der Waals surface area contributed by atoms with Crippen LogP contribution in [0.5, 0.6) is 0 Å². The summed E-state index contributed by atoms with van der Waals surface area (Å²) in [6, 6.07) is 12.5. The van der Waals surface area contributed by atoms with Gasteiger partial charge in [-0.05, 0) is 54.3 Å². The highest BCUT2D eigenvalue weighted by Gasteiger charge is 2.32. The number of carbonyl (C=O) groups excluding carboxylic acids is 1. The van der Waals surface area contributed by atoms with Gasteiger partial charge in [0.1, 0.15) is 11.9 Å². The zero-order chi connectivity index (χ0) is 22.9. The first-order valence-electron chi connectivity index (χ1n) is 10.6. The zero-order valence-electron chi connectivity index (χ0n) is 17.9. The summed E-state index contributed by atoms with van der Waals surface area (Å²) in [6.45, 7) is 3.48. The van der Waals surface area contributed by atoms with E-state index >= 15 is 0 Å². The summed E-state index contributed by atoms with van der Waals surface area (Å²) in [4.78, 5) is 15.7. The van der Waals surface area contributed by atoms with E-state index in [1.54, 1.807) is 35.2 Å². The van der Waals surface area contributed by atoms with E-state index in [2.05, 4.69) is 6.07 Å². The van der Waals surface area contributed by atoms with Crippen LogP contribution in [-0.4, -0.2) is 56.3 Å². The van der Waals surface area contributed by atoms with E-state index in [-0.39, 0.29) is 29.7 Å². The molecule has 0 radical (unpaired) electrons. The molecule has 2 heterocycles. The third-order valence-corrected chi connectivity index (χ3v) is 8.03. The Balaban J connectivity index is 1.49. The SMILES string of the molecule is CC(=O)N1CCCc2cc(S(=O)(=O)N3CCN([C@@H](C#N)c4ccc(F)cc4)CC3)ccc21. The van der Waals surface area contributed by atoms with Crippen molar-refractivity contribution in [2.24, 2.45) is 0 Å². The maximum absolute atomic E-state index is 13.3. The fraction of sp³-hybridized carbons (Fsp3) is 0.391. The van der Waals surface area contributed by atoms with E-state index in [1.165, 1.54) is 23.4 Å². The lowest BCUT2D eigenvalue weighted by atomic mass is 10.0. The van der Waals surface area contributed by atoms with E-state index in [1.807, 2.05) is 4.90 Å². The van der Waals surface area contributed by atoms with E-state index in [0.717, 1.165) is 24.1 Å². The Morgan fingerprint density at radius 3 is 2.38 bits per heavy atom. The molecule has 9 heteroatoms. The topological polar surface area (TPSA) is 84.7 Å². The summed E-state index contributed by atoms with van der Waals surface area (Å²) >= 11 is 0. The smallest absolute Gasteiger partial charge is 0.243 e. The number of halogens is 1. The molecule has 2 aliphatic heterocycles. The van der Waals surface area contributed by atoms with Crippen molar-refractivity contribution < 1.29 is 17.6 Å². The predicted octanol–water partition coefficient (Wildman–Crippen LogP) is 2.70. The molecule has 4 rings (SSSR count). The van der Waals surface area contributed by atoms with Crippen LogP contribution >= 0.6 is 0 Å². The average molecular weight is 457 g/mol. The van der Waals surface area contributed by atoms with Crippen LogP contribution in [0, 0.1) is 17.1 Å². The zero-order valence-corrected chi connectivity index (χ0v) is 18.7. The number of sulfonamides is 1. The van der Waals surface area contributed by atoms with Crippen molar-refractivity contribution >= 4 is 21.6 Å². The Morgan fingerprint density at radius 2 is 1.75 bits per heavy atom. The third kappa shape index (κ3) is 4.26. The van der Waals surface area contributed by atoms with E-state index in [9.17, 15) is 22.9 Å². The lowest BCUT2D eigenvalue weighted by Gasteiger charge is -2.36. The van der Waals surface area contributed by atoms with Gasteiger partial charge in [0.15, 0.2) is 0 Å². The van der Waals surface area contributed by atoms with Gasteiger partial charge in [0, 0.05) is 45.3 Å². The monoisotopic (exact) mass is 456 g/mol. The van der Waals surface area contributed by atoms with Crippen LogP contribution in [0.25, 0.3) is 0 Å². The van der Waals surface area contributed by atoms with Gasteiger partial charge in [0.25, 0.3) is 0 Å². The fourth-order valence-corrected chi connectivity index (χ4v) is 5.90. The van der Waals surface area contributed by atoms with Gasteiger partial charge in [0.05, 0.1) is 11.0 Å². The van der Waals surface area contributed by atoms with Crippen LogP contribution in [-0.2, 0) is 21.2 Å². The number of nitriles is 1. The number of anilines is 1. The lowest BCUT2D eigenvalue weighted by molar-refractivity contribution is -0.116. The van der Waals surface area contributed by atoms with Gasteiger partial charge < -0.3 is 4.90 Å². The second-order valence-corrected chi connectivity index (χ2v) is 10.0. The molecular formula is C23H25FN4O3S. The number of aryl methyl sites for hydroxylation is 1. The van der Waals surface area contributed by atoms with Crippen LogP contribution in [0.15, 0.2) is 47.4 Å². The first-order valence-corrected chi connectivity index (χ1v) is 12.1. The number of fused-ring (bicyclic) bond motifs is 1.